The highest BCUT2D eigenvalue weighted by molar-refractivity contribution is 6.32. The molecular formula is C19H18ClFN4O3. The summed E-state index contributed by atoms with van der Waals surface area (Å²) in [6.45, 7) is 1.16. The number of anilines is 1. The molecule has 1 aliphatic heterocycles. The third kappa shape index (κ3) is 4.10. The number of piperidine rings is 1. The van der Waals surface area contributed by atoms with Crippen molar-refractivity contribution in [3.8, 4) is 22.9 Å². The number of carbonyl (C=O) groups is 1. The van der Waals surface area contributed by atoms with Crippen LogP contribution >= 0.6 is 11.6 Å². The molecule has 0 unspecified atom stereocenters. The maximum atomic E-state index is 14.1. The van der Waals surface area contributed by atoms with Crippen LogP contribution in [-0.4, -0.2) is 42.4 Å². The standard InChI is InChI=1S/C19H18ClFN4O3/c1-28-15-3-2-11(8-14(15)21)17-12(10-22)9-16(24-18(17)20)25-6-4-13(5-7-25)23-19(26)27/h2-3,8-9,13,23H,4-7H2,1H3,(H,26,27). The molecule has 0 spiro atoms. The third-order valence-electron chi connectivity index (χ3n) is 4.67. The van der Waals surface area contributed by atoms with Gasteiger partial charge in [0.2, 0.25) is 0 Å². The van der Waals surface area contributed by atoms with Crippen LogP contribution in [0.2, 0.25) is 5.15 Å². The molecule has 1 aromatic heterocycles. The molecule has 2 heterocycles. The van der Waals surface area contributed by atoms with Gasteiger partial charge in [0.25, 0.3) is 0 Å². The number of nitriles is 1. The molecule has 1 aliphatic rings. The lowest BCUT2D eigenvalue weighted by Gasteiger charge is -2.33. The van der Waals surface area contributed by atoms with Gasteiger partial charge in [-0.1, -0.05) is 17.7 Å². The van der Waals surface area contributed by atoms with Gasteiger partial charge in [-0.2, -0.15) is 5.26 Å². The zero-order valence-corrected chi connectivity index (χ0v) is 15.8. The number of rotatable bonds is 4. The minimum Gasteiger partial charge on any atom is -0.494 e. The van der Waals surface area contributed by atoms with Crippen LogP contribution in [0.3, 0.4) is 0 Å². The lowest BCUT2D eigenvalue weighted by Crippen LogP contribution is -2.44. The van der Waals surface area contributed by atoms with E-state index in [1.165, 1.54) is 19.2 Å². The number of methoxy groups -OCH3 is 1. The average Bonchev–Trinajstić information content (AvgIpc) is 2.67. The molecule has 146 valence electrons. The molecule has 28 heavy (non-hydrogen) atoms. The molecule has 7 nitrogen and oxygen atoms in total. The van der Waals surface area contributed by atoms with Crippen molar-refractivity contribution in [2.24, 2.45) is 0 Å². The highest BCUT2D eigenvalue weighted by Gasteiger charge is 2.23. The predicted octanol–water partition coefficient (Wildman–Crippen LogP) is 3.66. The van der Waals surface area contributed by atoms with Crippen molar-refractivity contribution < 1.29 is 19.0 Å². The molecule has 1 fully saturated rings. The third-order valence-corrected chi connectivity index (χ3v) is 4.94. The molecule has 1 amide bonds. The van der Waals surface area contributed by atoms with Crippen molar-refractivity contribution in [1.82, 2.24) is 10.3 Å². The molecule has 2 N–H and O–H groups in total. The fraction of sp³-hybridized carbons (Fsp3) is 0.316. The largest absolute Gasteiger partial charge is 0.494 e. The Labute approximate surface area is 166 Å². The number of carboxylic acid groups (broad SMARTS) is 1. The van der Waals surface area contributed by atoms with Crippen LogP contribution in [0.1, 0.15) is 18.4 Å². The van der Waals surface area contributed by atoms with E-state index in [0.717, 1.165) is 0 Å². The molecule has 3 rings (SSSR count). The average molecular weight is 405 g/mol. The molecule has 9 heteroatoms. The van der Waals surface area contributed by atoms with Gasteiger partial charge in [-0.15, -0.1) is 0 Å². The zero-order chi connectivity index (χ0) is 20.3. The minimum atomic E-state index is -1.04. The first-order valence-electron chi connectivity index (χ1n) is 8.62. The Morgan fingerprint density at radius 1 is 1.43 bits per heavy atom. The number of pyridine rings is 1. The predicted molar refractivity (Wildman–Crippen MR) is 102 cm³/mol. The number of hydrogen-bond acceptors (Lipinski definition) is 5. The van der Waals surface area contributed by atoms with Gasteiger partial charge < -0.3 is 20.1 Å². The Kier molecular flexibility index (Phi) is 5.85. The molecule has 2 aromatic rings. The molecule has 0 bridgehead atoms. The van der Waals surface area contributed by atoms with E-state index in [1.807, 2.05) is 4.90 Å². The molecule has 1 aromatic carbocycles. The van der Waals surface area contributed by atoms with Gasteiger partial charge in [0.05, 0.1) is 12.7 Å². The Bertz CT molecular complexity index is 940. The lowest BCUT2D eigenvalue weighted by atomic mass is 10.0. The van der Waals surface area contributed by atoms with Crippen LogP contribution in [0.4, 0.5) is 15.0 Å². The summed E-state index contributed by atoms with van der Waals surface area (Å²) >= 11 is 6.36. The van der Waals surface area contributed by atoms with Crippen LogP contribution in [0.5, 0.6) is 5.75 Å². The summed E-state index contributed by atoms with van der Waals surface area (Å²) < 4.78 is 19.0. The summed E-state index contributed by atoms with van der Waals surface area (Å²) in [5.41, 5.74) is 1.07. The first kappa shape index (κ1) is 19.7. The molecule has 0 aliphatic carbocycles. The van der Waals surface area contributed by atoms with E-state index < -0.39 is 11.9 Å². The summed E-state index contributed by atoms with van der Waals surface area (Å²) in [7, 11) is 1.37. The Balaban J connectivity index is 1.88. The minimum absolute atomic E-state index is 0.0980. The van der Waals surface area contributed by atoms with Crippen molar-refractivity contribution in [3.05, 3.63) is 40.8 Å². The van der Waals surface area contributed by atoms with E-state index >= 15 is 0 Å². The summed E-state index contributed by atoms with van der Waals surface area (Å²) in [6.07, 6.45) is 0.208. The number of halogens is 2. The number of amides is 1. The first-order valence-corrected chi connectivity index (χ1v) is 8.99. The summed E-state index contributed by atoms with van der Waals surface area (Å²) in [4.78, 5) is 17.1. The SMILES string of the molecule is COc1ccc(-c2c(C#N)cc(N3CCC(NC(=O)O)CC3)nc2Cl)cc1F. The highest BCUT2D eigenvalue weighted by Crippen LogP contribution is 2.35. The van der Waals surface area contributed by atoms with Gasteiger partial charge in [0.15, 0.2) is 11.6 Å². The molecular weight excluding hydrogens is 387 g/mol. The fourth-order valence-electron chi connectivity index (χ4n) is 3.28. The molecule has 0 atom stereocenters. The Hall–Kier alpha value is -3.05. The normalized spacial score (nSPS) is 14.4. The van der Waals surface area contributed by atoms with Gasteiger partial charge in [0.1, 0.15) is 17.0 Å². The van der Waals surface area contributed by atoms with Gasteiger partial charge in [-0.3, -0.25) is 0 Å². The number of aromatic nitrogens is 1. The van der Waals surface area contributed by atoms with E-state index in [4.69, 9.17) is 21.4 Å². The number of nitrogens with zero attached hydrogens (tertiary/aromatic N) is 3. The van der Waals surface area contributed by atoms with Crippen LogP contribution < -0.4 is 15.0 Å². The van der Waals surface area contributed by atoms with Gasteiger partial charge in [-0.05, 0) is 36.6 Å². The zero-order valence-electron chi connectivity index (χ0n) is 15.1. The van der Waals surface area contributed by atoms with E-state index in [0.29, 0.717) is 42.9 Å². The van der Waals surface area contributed by atoms with Crippen molar-refractivity contribution >= 4 is 23.5 Å². The van der Waals surface area contributed by atoms with Crippen LogP contribution in [-0.2, 0) is 0 Å². The molecule has 0 saturated carbocycles. The second-order valence-electron chi connectivity index (χ2n) is 6.37. The van der Waals surface area contributed by atoms with E-state index in [1.54, 1.807) is 12.1 Å². The van der Waals surface area contributed by atoms with Crippen LogP contribution in [0.25, 0.3) is 11.1 Å². The summed E-state index contributed by atoms with van der Waals surface area (Å²) in [6, 6.07) is 7.96. The Morgan fingerprint density at radius 3 is 2.71 bits per heavy atom. The van der Waals surface area contributed by atoms with Gasteiger partial charge in [0, 0.05) is 24.7 Å². The van der Waals surface area contributed by atoms with Crippen LogP contribution in [0, 0.1) is 17.1 Å². The maximum Gasteiger partial charge on any atom is 0.404 e. The second kappa shape index (κ2) is 8.31. The lowest BCUT2D eigenvalue weighted by molar-refractivity contribution is 0.187. The number of benzene rings is 1. The van der Waals surface area contributed by atoms with Crippen molar-refractivity contribution in [3.63, 3.8) is 0 Å². The second-order valence-corrected chi connectivity index (χ2v) is 6.72. The van der Waals surface area contributed by atoms with E-state index in [-0.39, 0.29) is 22.5 Å². The smallest absolute Gasteiger partial charge is 0.404 e. The van der Waals surface area contributed by atoms with E-state index in [9.17, 15) is 14.4 Å². The van der Waals surface area contributed by atoms with Crippen molar-refractivity contribution in [1.29, 1.82) is 5.26 Å². The molecule has 1 saturated heterocycles. The van der Waals surface area contributed by atoms with E-state index in [2.05, 4.69) is 16.4 Å². The number of hydrogen-bond donors (Lipinski definition) is 2. The van der Waals surface area contributed by atoms with Crippen molar-refractivity contribution in [2.75, 3.05) is 25.1 Å². The maximum absolute atomic E-state index is 14.1. The number of ether oxygens (including phenoxy) is 1. The van der Waals surface area contributed by atoms with Crippen LogP contribution in [0.15, 0.2) is 24.3 Å². The monoisotopic (exact) mass is 404 g/mol. The highest BCUT2D eigenvalue weighted by atomic mass is 35.5. The van der Waals surface area contributed by atoms with Crippen molar-refractivity contribution in [2.45, 2.75) is 18.9 Å². The fourth-order valence-corrected chi connectivity index (χ4v) is 3.57. The first-order chi connectivity index (χ1) is 13.4. The summed E-state index contributed by atoms with van der Waals surface area (Å²) in [5.74, 6) is 0.0749. The number of nitrogens with one attached hydrogen (secondary N) is 1. The summed E-state index contributed by atoms with van der Waals surface area (Å²) in [5, 5.41) is 21.0. The Morgan fingerprint density at radius 2 is 2.14 bits per heavy atom. The topological polar surface area (TPSA) is 98.5 Å². The molecule has 0 radical (unpaired) electrons. The van der Waals surface area contributed by atoms with Gasteiger partial charge >= 0.3 is 6.09 Å². The van der Waals surface area contributed by atoms with Gasteiger partial charge in [-0.25, -0.2) is 14.2 Å². The quantitative estimate of drug-likeness (QED) is 0.754.